The third kappa shape index (κ3) is 5.64. The van der Waals surface area contributed by atoms with Gasteiger partial charge in [0.25, 0.3) is 0 Å². The van der Waals surface area contributed by atoms with E-state index < -0.39 is 15.8 Å². The summed E-state index contributed by atoms with van der Waals surface area (Å²) in [6.07, 6.45) is 2.42. The number of benzene rings is 2. The zero-order valence-corrected chi connectivity index (χ0v) is 17.5. The number of sulfonamides is 1. The molecule has 1 fully saturated rings. The quantitative estimate of drug-likeness (QED) is 0.660. The number of nitrogens with zero attached hydrogens (tertiary/aromatic N) is 2. The molecule has 2 aromatic rings. The zero-order chi connectivity index (χ0) is 20.9. The summed E-state index contributed by atoms with van der Waals surface area (Å²) >= 11 is 0. The van der Waals surface area contributed by atoms with Crippen LogP contribution in [0.15, 0.2) is 48.5 Å². The van der Waals surface area contributed by atoms with Crippen molar-refractivity contribution in [1.29, 1.82) is 0 Å². The van der Waals surface area contributed by atoms with E-state index in [-0.39, 0.29) is 31.2 Å². The van der Waals surface area contributed by atoms with E-state index in [1.54, 1.807) is 12.1 Å². The molecular weight excluding hydrogens is 391 g/mol. The van der Waals surface area contributed by atoms with Crippen molar-refractivity contribution in [2.24, 2.45) is 0 Å². The SMILES string of the molecule is CCc1ccc(CCC(=O)N(CCN2CCCS2(=O)=O)c2cccc(F)c2)cc1. The van der Waals surface area contributed by atoms with Crippen molar-refractivity contribution in [3.8, 4) is 0 Å². The molecule has 2 aromatic carbocycles. The van der Waals surface area contributed by atoms with E-state index in [1.165, 1.54) is 26.9 Å². The van der Waals surface area contributed by atoms with Crippen molar-refractivity contribution in [2.45, 2.75) is 32.6 Å². The summed E-state index contributed by atoms with van der Waals surface area (Å²) in [6.45, 7) is 2.99. The fourth-order valence-electron chi connectivity index (χ4n) is 3.52. The normalized spacial score (nSPS) is 16.1. The highest BCUT2D eigenvalue weighted by Crippen LogP contribution is 2.19. The van der Waals surface area contributed by atoms with Crippen LogP contribution in [0.1, 0.15) is 30.9 Å². The van der Waals surface area contributed by atoms with Gasteiger partial charge in [-0.1, -0.05) is 37.3 Å². The van der Waals surface area contributed by atoms with Gasteiger partial charge in [0.1, 0.15) is 5.82 Å². The van der Waals surface area contributed by atoms with E-state index >= 15 is 0 Å². The summed E-state index contributed by atoms with van der Waals surface area (Å²) in [5.74, 6) is -0.426. The molecule has 1 amide bonds. The molecule has 1 aliphatic heterocycles. The summed E-state index contributed by atoms with van der Waals surface area (Å²) in [7, 11) is -3.24. The largest absolute Gasteiger partial charge is 0.311 e. The molecule has 0 unspecified atom stereocenters. The van der Waals surface area contributed by atoms with Gasteiger partial charge in [-0.3, -0.25) is 4.79 Å². The van der Waals surface area contributed by atoms with Crippen LogP contribution in [0.3, 0.4) is 0 Å². The van der Waals surface area contributed by atoms with Gasteiger partial charge in [0.05, 0.1) is 5.75 Å². The van der Waals surface area contributed by atoms with E-state index in [0.717, 1.165) is 12.0 Å². The minimum atomic E-state index is -3.24. The molecule has 0 saturated carbocycles. The standard InChI is InChI=1S/C22H27FN2O3S/c1-2-18-7-9-19(10-8-18)11-12-22(26)25(21-6-3-5-20(23)17-21)15-14-24-13-4-16-29(24,27)28/h3,5-10,17H,2,4,11-16H2,1H3. The first-order valence-electron chi connectivity index (χ1n) is 10.0. The summed E-state index contributed by atoms with van der Waals surface area (Å²) in [6, 6.07) is 14.0. The van der Waals surface area contributed by atoms with Gasteiger partial charge in [-0.25, -0.2) is 17.1 Å². The Labute approximate surface area is 172 Å². The Morgan fingerprint density at radius 3 is 2.48 bits per heavy atom. The molecule has 1 aliphatic rings. The maximum absolute atomic E-state index is 13.7. The molecule has 156 valence electrons. The van der Waals surface area contributed by atoms with Crippen molar-refractivity contribution in [3.05, 3.63) is 65.5 Å². The molecular formula is C22H27FN2O3S. The Kier molecular flexibility index (Phi) is 7.03. The molecule has 0 radical (unpaired) electrons. The maximum Gasteiger partial charge on any atom is 0.227 e. The van der Waals surface area contributed by atoms with Crippen LogP contribution < -0.4 is 4.90 Å². The average molecular weight is 419 g/mol. The van der Waals surface area contributed by atoms with Crippen LogP contribution in [-0.4, -0.2) is 44.0 Å². The highest BCUT2D eigenvalue weighted by Gasteiger charge is 2.29. The minimum Gasteiger partial charge on any atom is -0.311 e. The molecule has 0 aliphatic carbocycles. The van der Waals surface area contributed by atoms with Crippen molar-refractivity contribution in [1.82, 2.24) is 4.31 Å². The van der Waals surface area contributed by atoms with Crippen molar-refractivity contribution in [3.63, 3.8) is 0 Å². The predicted octanol–water partition coefficient (Wildman–Crippen LogP) is 3.39. The second-order valence-corrected chi connectivity index (χ2v) is 9.35. The first kappa shape index (κ1) is 21.5. The van der Waals surface area contributed by atoms with E-state index in [1.807, 2.05) is 12.1 Å². The van der Waals surface area contributed by atoms with Gasteiger partial charge in [-0.05, 0) is 48.6 Å². The number of aryl methyl sites for hydroxylation is 2. The number of rotatable bonds is 8. The van der Waals surface area contributed by atoms with Gasteiger partial charge in [0.2, 0.25) is 15.9 Å². The topological polar surface area (TPSA) is 57.7 Å². The van der Waals surface area contributed by atoms with Crippen LogP contribution in [-0.2, 0) is 27.7 Å². The Morgan fingerprint density at radius 1 is 1.14 bits per heavy atom. The lowest BCUT2D eigenvalue weighted by atomic mass is 10.1. The molecule has 5 nitrogen and oxygen atoms in total. The van der Waals surface area contributed by atoms with E-state index in [0.29, 0.717) is 25.1 Å². The summed E-state index contributed by atoms with van der Waals surface area (Å²) in [5.41, 5.74) is 2.76. The Hall–Kier alpha value is -2.25. The number of anilines is 1. The van der Waals surface area contributed by atoms with Gasteiger partial charge in [-0.2, -0.15) is 0 Å². The number of hydrogen-bond acceptors (Lipinski definition) is 3. The van der Waals surface area contributed by atoms with Gasteiger partial charge in [-0.15, -0.1) is 0 Å². The van der Waals surface area contributed by atoms with Crippen LogP contribution >= 0.6 is 0 Å². The fraction of sp³-hybridized carbons (Fsp3) is 0.409. The predicted molar refractivity (Wildman–Crippen MR) is 113 cm³/mol. The third-order valence-corrected chi connectivity index (χ3v) is 7.21. The molecule has 0 bridgehead atoms. The molecule has 0 N–H and O–H groups in total. The number of amides is 1. The fourth-order valence-corrected chi connectivity index (χ4v) is 5.04. The van der Waals surface area contributed by atoms with Crippen LogP contribution in [0.2, 0.25) is 0 Å². The van der Waals surface area contributed by atoms with Crippen molar-refractivity contribution >= 4 is 21.6 Å². The van der Waals surface area contributed by atoms with Crippen molar-refractivity contribution in [2.75, 3.05) is 30.3 Å². The lowest BCUT2D eigenvalue weighted by Crippen LogP contribution is -2.39. The molecule has 1 heterocycles. The summed E-state index contributed by atoms with van der Waals surface area (Å²) in [5, 5.41) is 0. The highest BCUT2D eigenvalue weighted by molar-refractivity contribution is 7.89. The Balaban J connectivity index is 1.70. The molecule has 0 spiro atoms. The number of hydrogen-bond donors (Lipinski definition) is 0. The van der Waals surface area contributed by atoms with E-state index in [2.05, 4.69) is 19.1 Å². The molecule has 0 atom stereocenters. The van der Waals surface area contributed by atoms with Crippen LogP contribution in [0.25, 0.3) is 0 Å². The Bertz CT molecular complexity index is 945. The minimum absolute atomic E-state index is 0.147. The van der Waals surface area contributed by atoms with E-state index in [4.69, 9.17) is 0 Å². The Morgan fingerprint density at radius 2 is 1.86 bits per heavy atom. The van der Waals surface area contributed by atoms with Crippen LogP contribution in [0.4, 0.5) is 10.1 Å². The highest BCUT2D eigenvalue weighted by atomic mass is 32.2. The smallest absolute Gasteiger partial charge is 0.227 e. The average Bonchev–Trinajstić information content (AvgIpc) is 3.05. The van der Waals surface area contributed by atoms with Crippen LogP contribution in [0.5, 0.6) is 0 Å². The van der Waals surface area contributed by atoms with Gasteiger partial charge in [0, 0.05) is 31.7 Å². The first-order chi connectivity index (χ1) is 13.9. The molecule has 1 saturated heterocycles. The second-order valence-electron chi connectivity index (χ2n) is 7.26. The molecule has 0 aromatic heterocycles. The number of carbonyl (C=O) groups is 1. The van der Waals surface area contributed by atoms with Gasteiger partial charge < -0.3 is 4.90 Å². The van der Waals surface area contributed by atoms with Gasteiger partial charge >= 0.3 is 0 Å². The maximum atomic E-state index is 13.7. The molecule has 3 rings (SSSR count). The summed E-state index contributed by atoms with van der Waals surface area (Å²) in [4.78, 5) is 14.5. The monoisotopic (exact) mass is 418 g/mol. The zero-order valence-electron chi connectivity index (χ0n) is 16.7. The first-order valence-corrected chi connectivity index (χ1v) is 11.6. The lowest BCUT2D eigenvalue weighted by Gasteiger charge is -2.25. The molecule has 7 heteroatoms. The van der Waals surface area contributed by atoms with Crippen molar-refractivity contribution < 1.29 is 17.6 Å². The summed E-state index contributed by atoms with van der Waals surface area (Å²) < 4.78 is 39.3. The van der Waals surface area contributed by atoms with Crippen LogP contribution in [0, 0.1) is 5.82 Å². The van der Waals surface area contributed by atoms with Gasteiger partial charge in [0.15, 0.2) is 0 Å². The molecule has 29 heavy (non-hydrogen) atoms. The number of carbonyl (C=O) groups excluding carboxylic acids is 1. The third-order valence-electron chi connectivity index (χ3n) is 5.26. The number of halogens is 1. The lowest BCUT2D eigenvalue weighted by molar-refractivity contribution is -0.118. The van der Waals surface area contributed by atoms with E-state index in [9.17, 15) is 17.6 Å². The second kappa shape index (κ2) is 9.50.